The van der Waals surface area contributed by atoms with Gasteiger partial charge in [-0.25, -0.2) is 0 Å². The van der Waals surface area contributed by atoms with Gasteiger partial charge in [-0.3, -0.25) is 0 Å². The molecule has 0 unspecified atom stereocenters. The van der Waals surface area contributed by atoms with E-state index < -0.39 is 7.12 Å². The maximum absolute atomic E-state index is 9.94. The summed E-state index contributed by atoms with van der Waals surface area (Å²) in [5, 5.41) is 9.94. The van der Waals surface area contributed by atoms with E-state index >= 15 is 0 Å². The predicted octanol–water partition coefficient (Wildman–Crippen LogP) is 3.50. The molecular formula is C15H27BO2. The van der Waals surface area contributed by atoms with Crippen molar-refractivity contribution in [3.63, 3.8) is 0 Å². The molecule has 1 N–H and O–H groups in total. The minimum Gasteiger partial charge on any atom is -0.427 e. The van der Waals surface area contributed by atoms with Crippen LogP contribution in [0.3, 0.4) is 0 Å². The van der Waals surface area contributed by atoms with Crippen molar-refractivity contribution >= 4 is 7.12 Å². The average Bonchev–Trinajstić information content (AvgIpc) is 2.53. The highest BCUT2D eigenvalue weighted by molar-refractivity contribution is 6.43. The van der Waals surface area contributed by atoms with E-state index in [2.05, 4.69) is 27.7 Å². The highest BCUT2D eigenvalue weighted by Gasteiger charge is 2.62. The molecule has 2 aliphatic carbocycles. The molecule has 102 valence electrons. The molecule has 3 aliphatic rings. The number of rotatable bonds is 0. The maximum atomic E-state index is 9.94. The van der Waals surface area contributed by atoms with Crippen LogP contribution in [0.5, 0.6) is 0 Å². The molecule has 0 radical (unpaired) electrons. The van der Waals surface area contributed by atoms with Gasteiger partial charge in [-0.1, -0.05) is 27.2 Å². The van der Waals surface area contributed by atoms with Crippen LogP contribution < -0.4 is 0 Å². The minimum atomic E-state index is -0.527. The summed E-state index contributed by atoms with van der Waals surface area (Å²) in [6.45, 7) is 9.60. The van der Waals surface area contributed by atoms with Gasteiger partial charge < -0.3 is 9.68 Å². The first-order valence-corrected chi connectivity index (χ1v) is 7.64. The average molecular weight is 250 g/mol. The largest absolute Gasteiger partial charge is 0.454 e. The van der Waals surface area contributed by atoms with Crippen molar-refractivity contribution < 1.29 is 9.68 Å². The molecule has 0 amide bonds. The van der Waals surface area contributed by atoms with Crippen molar-refractivity contribution in [2.45, 2.75) is 71.7 Å². The summed E-state index contributed by atoms with van der Waals surface area (Å²) in [6.07, 6.45) is 7.25. The first-order chi connectivity index (χ1) is 8.28. The summed E-state index contributed by atoms with van der Waals surface area (Å²) in [7, 11) is -0.527. The van der Waals surface area contributed by atoms with Crippen molar-refractivity contribution in [3.05, 3.63) is 0 Å². The van der Waals surface area contributed by atoms with Gasteiger partial charge in [0, 0.05) is 0 Å². The second kappa shape index (κ2) is 3.76. The molecule has 0 bridgehead atoms. The first kappa shape index (κ1) is 13.0. The molecule has 1 aliphatic heterocycles. The van der Waals surface area contributed by atoms with Crippen LogP contribution in [-0.2, 0) is 4.65 Å². The molecule has 2 nitrogen and oxygen atoms in total. The van der Waals surface area contributed by atoms with Crippen LogP contribution in [0.4, 0.5) is 0 Å². The third-order valence-corrected chi connectivity index (χ3v) is 6.58. The van der Waals surface area contributed by atoms with Gasteiger partial charge in [-0.2, -0.15) is 0 Å². The lowest BCUT2D eigenvalue weighted by Crippen LogP contribution is -2.55. The lowest BCUT2D eigenvalue weighted by atomic mass is 9.45. The van der Waals surface area contributed by atoms with Crippen molar-refractivity contribution in [2.75, 3.05) is 0 Å². The molecule has 0 aromatic carbocycles. The van der Waals surface area contributed by atoms with Crippen molar-refractivity contribution in [1.82, 2.24) is 0 Å². The molecule has 1 heterocycles. The molecular weight excluding hydrogens is 223 g/mol. The fraction of sp³-hybridized carbons (Fsp3) is 1.00. The summed E-state index contributed by atoms with van der Waals surface area (Å²) < 4.78 is 5.89. The summed E-state index contributed by atoms with van der Waals surface area (Å²) in [5.41, 5.74) is 0.756. The van der Waals surface area contributed by atoms with Gasteiger partial charge >= 0.3 is 7.12 Å². The zero-order valence-electron chi connectivity index (χ0n) is 12.3. The summed E-state index contributed by atoms with van der Waals surface area (Å²) >= 11 is 0. The topological polar surface area (TPSA) is 29.5 Å². The van der Waals surface area contributed by atoms with Gasteiger partial charge in [0.1, 0.15) is 0 Å². The number of fused-ring (bicyclic) bond motifs is 3. The van der Waals surface area contributed by atoms with Crippen LogP contribution in [0.2, 0.25) is 6.32 Å². The first-order valence-electron chi connectivity index (χ1n) is 7.64. The van der Waals surface area contributed by atoms with E-state index in [4.69, 9.17) is 4.65 Å². The van der Waals surface area contributed by atoms with Crippen molar-refractivity contribution in [2.24, 2.45) is 22.7 Å². The molecule has 0 aromatic heterocycles. The predicted molar refractivity (Wildman–Crippen MR) is 74.2 cm³/mol. The van der Waals surface area contributed by atoms with Gasteiger partial charge in [0.2, 0.25) is 0 Å². The Morgan fingerprint density at radius 3 is 2.50 bits per heavy atom. The Kier molecular flexibility index (Phi) is 2.71. The quantitative estimate of drug-likeness (QED) is 0.667. The highest BCUT2D eigenvalue weighted by atomic mass is 16.5. The second-order valence-corrected chi connectivity index (χ2v) is 8.11. The highest BCUT2D eigenvalue weighted by Crippen LogP contribution is 2.65. The molecule has 18 heavy (non-hydrogen) atoms. The van der Waals surface area contributed by atoms with E-state index in [1.807, 2.05) is 0 Å². The number of hydrogen-bond donors (Lipinski definition) is 1. The third-order valence-electron chi connectivity index (χ3n) is 6.58. The molecule has 3 fully saturated rings. The second-order valence-electron chi connectivity index (χ2n) is 8.11. The maximum Gasteiger partial charge on any atom is 0.454 e. The van der Waals surface area contributed by atoms with Crippen LogP contribution in [0, 0.1) is 22.7 Å². The fourth-order valence-electron chi connectivity index (χ4n) is 5.83. The summed E-state index contributed by atoms with van der Waals surface area (Å²) in [5.74, 6) is 1.34. The molecule has 2 saturated carbocycles. The molecule has 0 aromatic rings. The van der Waals surface area contributed by atoms with Gasteiger partial charge in [0.15, 0.2) is 0 Å². The smallest absolute Gasteiger partial charge is 0.427 e. The van der Waals surface area contributed by atoms with Crippen molar-refractivity contribution in [1.29, 1.82) is 0 Å². The van der Waals surface area contributed by atoms with E-state index in [1.165, 1.54) is 25.7 Å². The van der Waals surface area contributed by atoms with Crippen LogP contribution in [-0.4, -0.2) is 17.7 Å². The van der Waals surface area contributed by atoms with Crippen LogP contribution in [0.15, 0.2) is 0 Å². The Balaban J connectivity index is 1.98. The van der Waals surface area contributed by atoms with Crippen molar-refractivity contribution in [3.8, 4) is 0 Å². The summed E-state index contributed by atoms with van der Waals surface area (Å²) in [6, 6.07) is 0. The third kappa shape index (κ3) is 1.63. The standard InChI is InChI=1S/C15H27BO2/c1-13(2)7-5-8-14(3)11(13)6-9-15(4)12(14)10-16(17)18-15/h11-12,17H,5-10H2,1-4H3/t11-,12+,14-,15+/m0/s1. The SMILES string of the molecule is CC1(C)CCC[C@]2(C)[C@H]3CB(O)O[C@]3(C)CC[C@@H]12. The van der Waals surface area contributed by atoms with E-state index in [-0.39, 0.29) is 5.60 Å². The van der Waals surface area contributed by atoms with Crippen LogP contribution >= 0.6 is 0 Å². The molecule has 0 spiro atoms. The molecule has 1 saturated heterocycles. The zero-order chi connectivity index (χ0) is 13.2. The van der Waals surface area contributed by atoms with E-state index in [1.54, 1.807) is 0 Å². The molecule has 4 atom stereocenters. The normalized spacial score (nSPS) is 50.8. The van der Waals surface area contributed by atoms with Gasteiger partial charge in [-0.15, -0.1) is 0 Å². The number of hydrogen-bond acceptors (Lipinski definition) is 2. The monoisotopic (exact) mass is 250 g/mol. The van der Waals surface area contributed by atoms with E-state index in [9.17, 15) is 5.02 Å². The Hall–Kier alpha value is -0.0151. The van der Waals surface area contributed by atoms with Crippen LogP contribution in [0.25, 0.3) is 0 Å². The Morgan fingerprint density at radius 2 is 1.78 bits per heavy atom. The zero-order valence-corrected chi connectivity index (χ0v) is 12.3. The van der Waals surface area contributed by atoms with E-state index in [0.29, 0.717) is 16.7 Å². The molecule has 3 heteroatoms. The van der Waals surface area contributed by atoms with Gasteiger partial charge in [-0.05, 0) is 61.6 Å². The van der Waals surface area contributed by atoms with Crippen LogP contribution in [0.1, 0.15) is 59.8 Å². The lowest BCUT2D eigenvalue weighted by Gasteiger charge is -2.60. The Bertz CT molecular complexity index is 356. The Labute approximate surface area is 112 Å². The van der Waals surface area contributed by atoms with Gasteiger partial charge in [0.05, 0.1) is 5.60 Å². The fourth-order valence-corrected chi connectivity index (χ4v) is 5.83. The minimum absolute atomic E-state index is 0.0713. The van der Waals surface area contributed by atoms with Gasteiger partial charge in [0.25, 0.3) is 0 Å². The molecule has 3 rings (SSSR count). The Morgan fingerprint density at radius 1 is 1.06 bits per heavy atom. The summed E-state index contributed by atoms with van der Waals surface area (Å²) in [4.78, 5) is 0. The van der Waals surface area contributed by atoms with E-state index in [0.717, 1.165) is 18.7 Å². The lowest BCUT2D eigenvalue weighted by molar-refractivity contribution is -0.135.